The third-order valence-electron chi connectivity index (χ3n) is 9.11. The van der Waals surface area contributed by atoms with Crippen LogP contribution >= 0.6 is 0 Å². The van der Waals surface area contributed by atoms with Crippen molar-refractivity contribution in [3.05, 3.63) is 71.6 Å². The number of hydrogen-bond donors (Lipinski definition) is 1. The van der Waals surface area contributed by atoms with Gasteiger partial charge in [0.2, 0.25) is 0 Å². The first-order valence-corrected chi connectivity index (χ1v) is 19.2. The minimum atomic E-state index is -3.11. The first-order valence-electron chi connectivity index (χ1n) is 16.3. The first kappa shape index (κ1) is 36.1. The van der Waals surface area contributed by atoms with Crippen LogP contribution in [0.15, 0.2) is 48.8 Å². The fourth-order valence-electron chi connectivity index (χ4n) is 5.96. The van der Waals surface area contributed by atoms with Gasteiger partial charge in [-0.15, -0.1) is 0 Å². The zero-order valence-electron chi connectivity index (χ0n) is 29.7. The fraction of sp³-hybridized carbons (Fsp3) is 0.472. The number of alkyl halides is 2. The second-order valence-corrected chi connectivity index (χ2v) is 20.1. The van der Waals surface area contributed by atoms with Crippen molar-refractivity contribution in [2.45, 2.75) is 110 Å². The van der Waals surface area contributed by atoms with Crippen LogP contribution in [0.2, 0.25) is 18.1 Å². The van der Waals surface area contributed by atoms with Crippen LogP contribution < -0.4 is 10.1 Å². The zero-order chi connectivity index (χ0) is 36.1. The normalized spacial score (nSPS) is 16.9. The number of alkyl carbamates (subject to hydrolysis) is 1. The number of carbonyl (C=O) groups excluding carboxylic acids is 2. The molecule has 0 bridgehead atoms. The van der Waals surface area contributed by atoms with Gasteiger partial charge in [0.15, 0.2) is 20.4 Å². The molecule has 0 unspecified atom stereocenters. The molecular formula is C36H45F2N5O5Si. The fourth-order valence-corrected chi connectivity index (χ4v) is 7.64. The summed E-state index contributed by atoms with van der Waals surface area (Å²) in [5.74, 6) is 0.932. The lowest BCUT2D eigenvalue weighted by molar-refractivity contribution is -0.0507. The molecule has 3 heterocycles. The maximum Gasteiger partial charge on any atom is 0.408 e. The van der Waals surface area contributed by atoms with Crippen molar-refractivity contribution < 1.29 is 32.3 Å². The van der Waals surface area contributed by atoms with Crippen LogP contribution in [-0.4, -0.2) is 52.4 Å². The van der Waals surface area contributed by atoms with Gasteiger partial charge in [0.05, 0.1) is 23.1 Å². The van der Waals surface area contributed by atoms with Gasteiger partial charge in [0.1, 0.15) is 22.8 Å². The molecule has 13 heteroatoms. The summed E-state index contributed by atoms with van der Waals surface area (Å²) in [6.07, 6.45) is 3.68. The average molecular weight is 694 g/mol. The van der Waals surface area contributed by atoms with Gasteiger partial charge in [-0.05, 0) is 76.5 Å². The maximum absolute atomic E-state index is 13.6. The van der Waals surface area contributed by atoms with Gasteiger partial charge in [0, 0.05) is 35.5 Å². The van der Waals surface area contributed by atoms with E-state index in [1.807, 2.05) is 36.6 Å². The molecule has 4 aromatic rings. The molecular weight excluding hydrogens is 649 g/mol. The number of ether oxygens (including phenoxy) is 2. The molecule has 1 N–H and O–H groups in total. The van der Waals surface area contributed by atoms with Crippen LogP contribution in [0.5, 0.6) is 5.75 Å². The minimum absolute atomic E-state index is 0.0169. The Morgan fingerprint density at radius 1 is 1.02 bits per heavy atom. The van der Waals surface area contributed by atoms with Crippen molar-refractivity contribution >= 4 is 31.7 Å². The van der Waals surface area contributed by atoms with Crippen molar-refractivity contribution in [3.63, 3.8) is 0 Å². The van der Waals surface area contributed by atoms with Crippen LogP contribution in [0, 0.1) is 0 Å². The second kappa shape index (κ2) is 12.9. The first-order chi connectivity index (χ1) is 22.7. The van der Waals surface area contributed by atoms with E-state index < -0.39 is 44.3 Å². The number of nitrogens with zero attached hydrogens (tertiary/aromatic N) is 4. The van der Waals surface area contributed by atoms with E-state index in [0.717, 1.165) is 11.1 Å². The number of aldehydes is 1. The molecule has 10 nitrogen and oxygen atoms in total. The van der Waals surface area contributed by atoms with Crippen molar-refractivity contribution in [1.29, 1.82) is 0 Å². The van der Waals surface area contributed by atoms with Gasteiger partial charge in [-0.25, -0.2) is 19.7 Å². The van der Waals surface area contributed by atoms with E-state index in [1.165, 1.54) is 12.1 Å². The van der Waals surface area contributed by atoms with Crippen molar-refractivity contribution in [3.8, 4) is 16.9 Å². The van der Waals surface area contributed by atoms with Gasteiger partial charge in [-0.1, -0.05) is 39.0 Å². The molecule has 2 atom stereocenters. The van der Waals surface area contributed by atoms with Gasteiger partial charge < -0.3 is 23.8 Å². The van der Waals surface area contributed by atoms with Crippen LogP contribution in [-0.2, 0) is 14.8 Å². The lowest BCUT2D eigenvalue weighted by Gasteiger charge is -2.42. The van der Waals surface area contributed by atoms with E-state index in [4.69, 9.17) is 28.9 Å². The lowest BCUT2D eigenvalue weighted by Crippen LogP contribution is -2.46. The Bertz CT molecular complexity index is 1860. The van der Waals surface area contributed by atoms with E-state index >= 15 is 0 Å². The molecule has 1 aliphatic rings. The largest absolute Gasteiger partial charge is 0.444 e. The quantitative estimate of drug-likeness (QED) is 0.137. The number of carbonyl (C=O) groups is 2. The van der Waals surface area contributed by atoms with E-state index in [2.05, 4.69) is 39.2 Å². The molecule has 5 rings (SSSR count). The summed E-state index contributed by atoms with van der Waals surface area (Å²) in [6, 6.07) is 8.77. The lowest BCUT2D eigenvalue weighted by atomic mass is 9.96. The number of benzene rings is 2. The maximum atomic E-state index is 13.6. The molecule has 0 saturated heterocycles. The van der Waals surface area contributed by atoms with Gasteiger partial charge in [-0.3, -0.25) is 4.79 Å². The van der Waals surface area contributed by atoms with Crippen molar-refractivity contribution in [2.75, 3.05) is 0 Å². The predicted octanol–water partition coefficient (Wildman–Crippen LogP) is 8.72. The number of hydrogen-bond acceptors (Lipinski definition) is 8. The zero-order valence-corrected chi connectivity index (χ0v) is 30.7. The molecule has 1 amide bonds. The summed E-state index contributed by atoms with van der Waals surface area (Å²) in [5, 5.41) is 2.91. The number of imidazole rings is 1. The van der Waals surface area contributed by atoms with Gasteiger partial charge in [-0.2, -0.15) is 8.78 Å². The number of rotatable bonds is 9. The minimum Gasteiger partial charge on any atom is -0.444 e. The van der Waals surface area contributed by atoms with E-state index in [1.54, 1.807) is 39.2 Å². The highest BCUT2D eigenvalue weighted by Crippen LogP contribution is 2.46. The van der Waals surface area contributed by atoms with Crippen molar-refractivity contribution in [1.82, 2.24) is 24.8 Å². The number of nitrogens with one attached hydrogen (secondary N) is 1. The average Bonchev–Trinajstić information content (AvgIpc) is 3.52. The number of halogens is 2. The highest BCUT2D eigenvalue weighted by molar-refractivity contribution is 6.74. The molecule has 262 valence electrons. The van der Waals surface area contributed by atoms with E-state index in [9.17, 15) is 18.4 Å². The van der Waals surface area contributed by atoms with Crippen molar-refractivity contribution in [2.24, 2.45) is 0 Å². The summed E-state index contributed by atoms with van der Waals surface area (Å²) in [5.41, 5.74) is 1.83. The second-order valence-electron chi connectivity index (χ2n) is 15.4. The summed E-state index contributed by atoms with van der Waals surface area (Å²) in [4.78, 5) is 39.4. The van der Waals surface area contributed by atoms with Gasteiger partial charge >= 0.3 is 12.7 Å². The standard InChI is InChI=1S/C36H45F2N5O5Si/c1-34(2,3)47-33(45)42-25-17-27(29-22(20-44)12-11-13-28(29)46-32(37)38)43-26-16-21(14-15-24(26)41-30(25)43)23-18-39-31(40-19-23)36(7,8)48-49(9,10)35(4,5)6/h11-16,18-20,25,27,32H,17H2,1-10H3,(H,42,45)/t25-,27-/m1/s1. The Balaban J connectivity index is 1.58. The topological polar surface area (TPSA) is 117 Å². The van der Waals surface area contributed by atoms with Crippen LogP contribution in [0.4, 0.5) is 13.6 Å². The molecule has 0 radical (unpaired) electrons. The van der Waals surface area contributed by atoms with E-state index in [0.29, 0.717) is 29.0 Å². The van der Waals surface area contributed by atoms with Crippen LogP contribution in [0.3, 0.4) is 0 Å². The van der Waals surface area contributed by atoms with Crippen LogP contribution in [0.1, 0.15) is 101 Å². The summed E-state index contributed by atoms with van der Waals surface area (Å²) < 4.78 is 46.1. The Morgan fingerprint density at radius 2 is 1.69 bits per heavy atom. The summed E-state index contributed by atoms with van der Waals surface area (Å²) >= 11 is 0. The Morgan fingerprint density at radius 3 is 2.29 bits per heavy atom. The number of amides is 1. The van der Waals surface area contributed by atoms with E-state index in [-0.39, 0.29) is 28.3 Å². The highest BCUT2D eigenvalue weighted by Gasteiger charge is 2.43. The molecule has 0 saturated carbocycles. The monoisotopic (exact) mass is 693 g/mol. The van der Waals surface area contributed by atoms with Gasteiger partial charge in [0.25, 0.3) is 0 Å². The summed E-state index contributed by atoms with van der Waals surface area (Å²) in [7, 11) is -2.11. The predicted molar refractivity (Wildman–Crippen MR) is 185 cm³/mol. The third kappa shape index (κ3) is 7.52. The highest BCUT2D eigenvalue weighted by atomic mass is 28.4. The number of aromatic nitrogens is 4. The molecule has 1 aliphatic heterocycles. The third-order valence-corrected chi connectivity index (χ3v) is 13.7. The van der Waals surface area contributed by atoms with Crippen LogP contribution in [0.25, 0.3) is 22.2 Å². The molecule has 2 aromatic heterocycles. The number of fused-ring (bicyclic) bond motifs is 3. The summed E-state index contributed by atoms with van der Waals surface area (Å²) in [6.45, 7) is 17.1. The SMILES string of the molecule is CC(C)(C)OC(=O)N[C@@H]1C[C@H](c2c(C=O)cccc2OC(F)F)n2c1nc1ccc(-c3cnc(C(C)(C)O[Si](C)(C)C(C)(C)C)nc3)cc12. The molecule has 0 spiro atoms. The molecule has 49 heavy (non-hydrogen) atoms. The Kier molecular flexibility index (Phi) is 9.49. The molecule has 2 aromatic carbocycles. The Hall–Kier alpha value is -4.23. The molecule has 0 aliphatic carbocycles. The smallest absolute Gasteiger partial charge is 0.408 e. The Labute approximate surface area is 286 Å². The molecule has 0 fully saturated rings.